The van der Waals surface area contributed by atoms with E-state index >= 15 is 0 Å². The summed E-state index contributed by atoms with van der Waals surface area (Å²) in [7, 11) is 0. The van der Waals surface area contributed by atoms with Gasteiger partial charge in [0.15, 0.2) is 0 Å². The van der Waals surface area contributed by atoms with Crippen LogP contribution in [0.5, 0.6) is 0 Å². The molecule has 32 heavy (non-hydrogen) atoms. The van der Waals surface area contributed by atoms with Gasteiger partial charge in [-0.05, 0) is 12.8 Å². The Morgan fingerprint density at radius 2 is 0.656 bits per heavy atom. The lowest BCUT2D eigenvalue weighted by Gasteiger charge is -2.12. The van der Waals surface area contributed by atoms with Crippen molar-refractivity contribution in [3.05, 3.63) is 0 Å². The molecule has 0 aliphatic heterocycles. The molecule has 194 valence electrons. The highest BCUT2D eigenvalue weighted by Gasteiger charge is 2.04. The van der Waals surface area contributed by atoms with Crippen molar-refractivity contribution in [1.82, 2.24) is 0 Å². The zero-order valence-electron chi connectivity index (χ0n) is 20.4. The first kappa shape index (κ1) is 31.6. The first-order valence-electron chi connectivity index (χ1n) is 12.1. The topological polar surface area (TPSA) is 94.1 Å². The molecule has 0 saturated heterocycles. The SMILES string of the molecule is CCCCOCCOCCOCCOCCOC[C@H](O)COCCOCCOCCCC. The van der Waals surface area contributed by atoms with Gasteiger partial charge >= 0.3 is 0 Å². The molecule has 0 aliphatic rings. The molecule has 0 unspecified atom stereocenters. The zero-order chi connectivity index (χ0) is 23.4. The maximum absolute atomic E-state index is 9.80. The maximum atomic E-state index is 9.80. The Kier molecular flexibility index (Phi) is 28.4. The Morgan fingerprint density at radius 1 is 0.406 bits per heavy atom. The molecule has 0 aromatic rings. The lowest BCUT2D eigenvalue weighted by molar-refractivity contribution is -0.0483. The molecule has 9 heteroatoms. The molecular formula is C23H48O9. The van der Waals surface area contributed by atoms with E-state index in [1.165, 1.54) is 0 Å². The first-order chi connectivity index (χ1) is 15.8. The molecule has 0 amide bonds. The van der Waals surface area contributed by atoms with Crippen LogP contribution in [0.4, 0.5) is 0 Å². The molecule has 9 nitrogen and oxygen atoms in total. The number of unbranched alkanes of at least 4 members (excludes halogenated alkanes) is 2. The van der Waals surface area contributed by atoms with Crippen LogP contribution < -0.4 is 0 Å². The summed E-state index contributed by atoms with van der Waals surface area (Å²) in [5, 5.41) is 9.80. The van der Waals surface area contributed by atoms with Crippen molar-refractivity contribution in [1.29, 1.82) is 0 Å². The Hall–Kier alpha value is -0.360. The summed E-state index contributed by atoms with van der Waals surface area (Å²) in [4.78, 5) is 0. The smallest absolute Gasteiger partial charge is 0.101 e. The number of ether oxygens (including phenoxy) is 8. The summed E-state index contributed by atoms with van der Waals surface area (Å²) in [5.74, 6) is 0. The van der Waals surface area contributed by atoms with Crippen molar-refractivity contribution in [2.24, 2.45) is 0 Å². The van der Waals surface area contributed by atoms with E-state index < -0.39 is 6.10 Å². The van der Waals surface area contributed by atoms with Gasteiger partial charge in [0.2, 0.25) is 0 Å². The van der Waals surface area contributed by atoms with Gasteiger partial charge in [-0.25, -0.2) is 0 Å². The van der Waals surface area contributed by atoms with Crippen LogP contribution >= 0.6 is 0 Å². The minimum absolute atomic E-state index is 0.214. The highest BCUT2D eigenvalue weighted by atomic mass is 16.6. The van der Waals surface area contributed by atoms with Gasteiger partial charge in [0.1, 0.15) is 6.10 Å². The van der Waals surface area contributed by atoms with Crippen molar-refractivity contribution in [2.45, 2.75) is 45.6 Å². The largest absolute Gasteiger partial charge is 0.388 e. The number of hydrogen-bond acceptors (Lipinski definition) is 9. The first-order valence-corrected chi connectivity index (χ1v) is 12.1. The molecule has 0 aromatic carbocycles. The molecule has 0 rings (SSSR count). The van der Waals surface area contributed by atoms with E-state index in [1.54, 1.807) is 0 Å². The van der Waals surface area contributed by atoms with E-state index in [0.717, 1.165) is 38.9 Å². The molecule has 0 spiro atoms. The maximum Gasteiger partial charge on any atom is 0.101 e. The fourth-order valence-corrected chi connectivity index (χ4v) is 2.30. The van der Waals surface area contributed by atoms with Crippen molar-refractivity contribution >= 4 is 0 Å². The van der Waals surface area contributed by atoms with Crippen LogP contribution in [0.3, 0.4) is 0 Å². The van der Waals surface area contributed by atoms with Gasteiger partial charge in [-0.2, -0.15) is 0 Å². The van der Waals surface area contributed by atoms with Gasteiger partial charge in [0.25, 0.3) is 0 Å². The molecule has 1 atom stereocenters. The summed E-state index contributed by atoms with van der Waals surface area (Å²) < 4.78 is 43.2. The Balaban J connectivity index is 3.12. The molecule has 0 radical (unpaired) electrons. The highest BCUT2D eigenvalue weighted by Crippen LogP contribution is 1.91. The quantitative estimate of drug-likeness (QED) is 0.173. The number of rotatable bonds is 28. The Morgan fingerprint density at radius 3 is 0.938 bits per heavy atom. The third-order valence-electron chi connectivity index (χ3n) is 4.14. The molecule has 0 fully saturated rings. The summed E-state index contributed by atoms with van der Waals surface area (Å²) >= 11 is 0. The lowest BCUT2D eigenvalue weighted by atomic mass is 10.4. The Bertz CT molecular complexity index is 335. The van der Waals surface area contributed by atoms with E-state index in [-0.39, 0.29) is 13.2 Å². The third kappa shape index (κ3) is 27.7. The third-order valence-corrected chi connectivity index (χ3v) is 4.14. The molecule has 0 bridgehead atoms. The average Bonchev–Trinajstić information content (AvgIpc) is 2.80. The van der Waals surface area contributed by atoms with Crippen molar-refractivity contribution < 1.29 is 43.0 Å². The monoisotopic (exact) mass is 468 g/mol. The fraction of sp³-hybridized carbons (Fsp3) is 1.00. The van der Waals surface area contributed by atoms with Gasteiger partial charge in [0, 0.05) is 13.2 Å². The van der Waals surface area contributed by atoms with E-state index in [2.05, 4.69) is 13.8 Å². The average molecular weight is 469 g/mol. The van der Waals surface area contributed by atoms with Gasteiger partial charge in [-0.3, -0.25) is 0 Å². The highest BCUT2D eigenvalue weighted by molar-refractivity contribution is 4.51. The van der Waals surface area contributed by atoms with Crippen LogP contribution in [0, 0.1) is 0 Å². The minimum Gasteiger partial charge on any atom is -0.388 e. The van der Waals surface area contributed by atoms with Crippen molar-refractivity contribution in [2.75, 3.05) is 106 Å². The second-order valence-corrected chi connectivity index (χ2v) is 7.18. The van der Waals surface area contributed by atoms with Crippen LogP contribution in [0.25, 0.3) is 0 Å². The van der Waals surface area contributed by atoms with Gasteiger partial charge in [-0.15, -0.1) is 0 Å². The predicted octanol–water partition coefficient (Wildman–Crippen LogP) is 2.08. The number of aliphatic hydroxyl groups is 1. The molecule has 0 aliphatic carbocycles. The molecule has 1 N–H and O–H groups in total. The molecule has 0 aromatic heterocycles. The standard InChI is InChI=1S/C23H48O9/c1-3-5-7-25-9-11-27-13-14-28-15-16-30-18-20-32-22-23(24)21-31-19-17-29-12-10-26-8-6-4-2/h23-24H,3-22H2,1-2H3/t23-/m1/s1. The predicted molar refractivity (Wildman–Crippen MR) is 122 cm³/mol. The zero-order valence-corrected chi connectivity index (χ0v) is 20.4. The second kappa shape index (κ2) is 28.7. The summed E-state index contributed by atoms with van der Waals surface area (Å²) in [6.07, 6.45) is 3.79. The second-order valence-electron chi connectivity index (χ2n) is 7.18. The van der Waals surface area contributed by atoms with E-state index in [9.17, 15) is 5.11 Å². The fourth-order valence-electron chi connectivity index (χ4n) is 2.30. The van der Waals surface area contributed by atoms with E-state index in [0.29, 0.717) is 79.3 Å². The molecule has 0 heterocycles. The number of aliphatic hydroxyl groups excluding tert-OH is 1. The number of hydrogen-bond donors (Lipinski definition) is 1. The van der Waals surface area contributed by atoms with E-state index in [1.807, 2.05) is 0 Å². The molecule has 0 saturated carbocycles. The van der Waals surface area contributed by atoms with Gasteiger partial charge < -0.3 is 43.0 Å². The van der Waals surface area contributed by atoms with Crippen LogP contribution in [0.2, 0.25) is 0 Å². The summed E-state index contributed by atoms with van der Waals surface area (Å²) in [6.45, 7) is 12.6. The van der Waals surface area contributed by atoms with Crippen molar-refractivity contribution in [3.63, 3.8) is 0 Å². The Labute approximate surface area is 194 Å². The van der Waals surface area contributed by atoms with Crippen LogP contribution in [0.1, 0.15) is 39.5 Å². The normalized spacial score (nSPS) is 12.5. The summed E-state index contributed by atoms with van der Waals surface area (Å²) in [5.41, 5.74) is 0. The molecular weight excluding hydrogens is 420 g/mol. The van der Waals surface area contributed by atoms with Crippen LogP contribution in [0.15, 0.2) is 0 Å². The minimum atomic E-state index is -0.659. The van der Waals surface area contributed by atoms with Gasteiger partial charge in [-0.1, -0.05) is 26.7 Å². The van der Waals surface area contributed by atoms with Crippen LogP contribution in [-0.4, -0.2) is 117 Å². The summed E-state index contributed by atoms with van der Waals surface area (Å²) in [6, 6.07) is 0. The van der Waals surface area contributed by atoms with Gasteiger partial charge in [0.05, 0.1) is 92.5 Å². The van der Waals surface area contributed by atoms with Crippen LogP contribution in [-0.2, 0) is 37.9 Å². The van der Waals surface area contributed by atoms with Crippen molar-refractivity contribution in [3.8, 4) is 0 Å². The lowest BCUT2D eigenvalue weighted by Crippen LogP contribution is -2.24. The van der Waals surface area contributed by atoms with E-state index in [4.69, 9.17) is 37.9 Å².